The van der Waals surface area contributed by atoms with Crippen LogP contribution in [0.25, 0.3) is 0 Å². The van der Waals surface area contributed by atoms with Gasteiger partial charge in [-0.2, -0.15) is 8.42 Å². The smallest absolute Gasteiger partial charge is 0.286 e. The number of nitrogens with zero attached hydrogens (tertiary/aromatic N) is 2. The number of nitrogens with one attached hydrogen (secondary N) is 1. The molecule has 3 aromatic rings. The Hall–Kier alpha value is -2.62. The van der Waals surface area contributed by atoms with Gasteiger partial charge in [-0.15, -0.1) is 4.40 Å². The maximum atomic E-state index is 12.7. The zero-order valence-corrected chi connectivity index (χ0v) is 19.5. The van der Waals surface area contributed by atoms with Crippen LogP contribution >= 0.6 is 27.7 Å². The van der Waals surface area contributed by atoms with Gasteiger partial charge in [-0.05, 0) is 35.9 Å². The molecule has 3 aromatic carbocycles. The predicted octanol–water partition coefficient (Wildman–Crippen LogP) is 4.89. The van der Waals surface area contributed by atoms with E-state index in [1.165, 1.54) is 0 Å². The van der Waals surface area contributed by atoms with Gasteiger partial charge in [0.2, 0.25) is 5.91 Å². The monoisotopic (exact) mass is 515 g/mol. The van der Waals surface area contributed by atoms with Gasteiger partial charge in [-0.3, -0.25) is 4.79 Å². The van der Waals surface area contributed by atoms with Crippen molar-refractivity contribution < 1.29 is 13.2 Å². The molecule has 158 valence electrons. The van der Waals surface area contributed by atoms with Crippen molar-refractivity contribution >= 4 is 60.2 Å². The summed E-state index contributed by atoms with van der Waals surface area (Å²) in [5.74, 6) is -0.226. The Morgan fingerprint density at radius 3 is 2.52 bits per heavy atom. The van der Waals surface area contributed by atoms with E-state index in [0.717, 1.165) is 21.8 Å². The van der Waals surface area contributed by atoms with E-state index in [1.807, 2.05) is 47.4 Å². The lowest BCUT2D eigenvalue weighted by Crippen LogP contribution is -2.34. The van der Waals surface area contributed by atoms with E-state index in [2.05, 4.69) is 25.6 Å². The highest BCUT2D eigenvalue weighted by Gasteiger charge is 2.31. The zero-order valence-electron chi connectivity index (χ0n) is 16.2. The van der Waals surface area contributed by atoms with Crippen molar-refractivity contribution in [2.75, 3.05) is 16.0 Å². The Bertz CT molecular complexity index is 1250. The van der Waals surface area contributed by atoms with E-state index >= 15 is 0 Å². The van der Waals surface area contributed by atoms with Gasteiger partial charge in [-0.1, -0.05) is 76.2 Å². The number of anilines is 2. The van der Waals surface area contributed by atoms with Crippen molar-refractivity contribution in [3.63, 3.8) is 0 Å². The number of fused-ring (bicyclic) bond motifs is 1. The fourth-order valence-corrected chi connectivity index (χ4v) is 5.77. The molecule has 9 heteroatoms. The van der Waals surface area contributed by atoms with Crippen molar-refractivity contribution in [1.29, 1.82) is 0 Å². The molecule has 4 rings (SSSR count). The van der Waals surface area contributed by atoms with Crippen molar-refractivity contribution in [3.8, 4) is 0 Å². The van der Waals surface area contributed by atoms with Gasteiger partial charge in [0, 0.05) is 10.2 Å². The number of halogens is 1. The molecule has 0 fully saturated rings. The number of hydrogen-bond donors (Lipinski definition) is 1. The van der Waals surface area contributed by atoms with E-state index in [4.69, 9.17) is 0 Å². The fourth-order valence-electron chi connectivity index (χ4n) is 3.12. The molecule has 0 unspecified atom stereocenters. The Morgan fingerprint density at radius 2 is 1.74 bits per heavy atom. The number of amides is 1. The van der Waals surface area contributed by atoms with Crippen molar-refractivity contribution in [1.82, 2.24) is 0 Å². The number of carbonyl (C=O) groups excluding carboxylic acids is 1. The van der Waals surface area contributed by atoms with Gasteiger partial charge in [-0.25, -0.2) is 0 Å². The van der Waals surface area contributed by atoms with Crippen molar-refractivity contribution in [2.45, 2.75) is 11.4 Å². The molecule has 0 saturated carbocycles. The largest absolute Gasteiger partial charge is 0.325 e. The molecule has 1 heterocycles. The summed E-state index contributed by atoms with van der Waals surface area (Å²) in [4.78, 5) is 14.5. The molecule has 1 aliphatic heterocycles. The molecular formula is C22H18BrN3O3S2. The average Bonchev–Trinajstić information content (AvgIpc) is 2.75. The quantitative estimate of drug-likeness (QED) is 0.523. The Labute approximate surface area is 193 Å². The fraction of sp³-hybridized carbons (Fsp3) is 0.0909. The molecule has 1 amide bonds. The minimum absolute atomic E-state index is 0.0221. The highest BCUT2D eigenvalue weighted by molar-refractivity contribution is 9.10. The van der Waals surface area contributed by atoms with E-state index < -0.39 is 10.0 Å². The van der Waals surface area contributed by atoms with Gasteiger partial charge < -0.3 is 10.2 Å². The zero-order chi connectivity index (χ0) is 21.8. The van der Waals surface area contributed by atoms with Gasteiger partial charge in [0.25, 0.3) is 10.0 Å². The summed E-state index contributed by atoms with van der Waals surface area (Å²) >= 11 is 4.47. The molecule has 0 atom stereocenters. The van der Waals surface area contributed by atoms with Crippen LogP contribution in [-0.4, -0.2) is 25.2 Å². The van der Waals surface area contributed by atoms with E-state index in [1.54, 1.807) is 36.4 Å². The molecule has 0 spiro atoms. The summed E-state index contributed by atoms with van der Waals surface area (Å²) in [7, 11) is -3.84. The summed E-state index contributed by atoms with van der Waals surface area (Å²) in [5, 5.41) is 3.08. The number of rotatable bonds is 5. The first-order chi connectivity index (χ1) is 14.9. The highest BCUT2D eigenvalue weighted by Crippen LogP contribution is 2.35. The number of para-hydroxylation sites is 1. The number of thioether (sulfide) groups is 1. The molecule has 0 radical (unpaired) electrons. The maximum absolute atomic E-state index is 12.7. The first kappa shape index (κ1) is 21.6. The second-order valence-electron chi connectivity index (χ2n) is 6.74. The first-order valence-corrected chi connectivity index (χ1v) is 12.6. The van der Waals surface area contributed by atoms with E-state index in [9.17, 15) is 13.2 Å². The first-order valence-electron chi connectivity index (χ1n) is 9.36. The Morgan fingerprint density at radius 1 is 1.00 bits per heavy atom. The van der Waals surface area contributed by atoms with E-state index in [0.29, 0.717) is 17.9 Å². The van der Waals surface area contributed by atoms with Crippen LogP contribution in [0.2, 0.25) is 0 Å². The van der Waals surface area contributed by atoms with Crippen LogP contribution in [0.3, 0.4) is 0 Å². The number of carbonyl (C=O) groups is 1. The Balaban J connectivity index is 1.58. The lowest BCUT2D eigenvalue weighted by molar-refractivity contribution is -0.113. The van der Waals surface area contributed by atoms with Crippen LogP contribution in [0.5, 0.6) is 0 Å². The highest BCUT2D eigenvalue weighted by atomic mass is 79.9. The van der Waals surface area contributed by atoms with Crippen LogP contribution < -0.4 is 10.2 Å². The molecule has 0 bridgehead atoms. The average molecular weight is 516 g/mol. The van der Waals surface area contributed by atoms with Crippen LogP contribution in [0.1, 0.15) is 5.56 Å². The molecule has 6 nitrogen and oxygen atoms in total. The third kappa shape index (κ3) is 5.17. The molecule has 0 saturated heterocycles. The van der Waals surface area contributed by atoms with Crippen LogP contribution in [0.4, 0.5) is 11.4 Å². The maximum Gasteiger partial charge on any atom is 0.286 e. The van der Waals surface area contributed by atoms with Gasteiger partial charge in [0.05, 0.1) is 18.0 Å². The molecule has 0 aliphatic carbocycles. The topological polar surface area (TPSA) is 78.8 Å². The van der Waals surface area contributed by atoms with Crippen molar-refractivity contribution in [2.24, 2.45) is 4.40 Å². The van der Waals surface area contributed by atoms with Gasteiger partial charge in [0.1, 0.15) is 4.90 Å². The standard InChI is InChI=1S/C22H18BrN3O3S2/c23-17-9-6-10-18(13-17)24-21(27)15-30-22-25-31(28,29)20-12-5-4-11-19(20)26(22)14-16-7-2-1-3-8-16/h1-13H,14-15H2,(H,24,27). The molecule has 0 aromatic heterocycles. The molecule has 1 aliphatic rings. The SMILES string of the molecule is O=C(CSC1=NS(=O)(=O)c2ccccc2N1Cc1ccccc1)Nc1cccc(Br)c1. The molecule has 31 heavy (non-hydrogen) atoms. The summed E-state index contributed by atoms with van der Waals surface area (Å²) in [6, 6.07) is 23.8. The second kappa shape index (κ2) is 9.25. The lowest BCUT2D eigenvalue weighted by atomic mass is 10.2. The third-order valence-corrected chi connectivity index (χ3v) is 7.39. The van der Waals surface area contributed by atoms with Gasteiger partial charge >= 0.3 is 0 Å². The summed E-state index contributed by atoms with van der Waals surface area (Å²) in [5.41, 5.74) is 2.21. The lowest BCUT2D eigenvalue weighted by Gasteiger charge is -2.30. The number of benzene rings is 3. The second-order valence-corrected chi connectivity index (χ2v) is 10.2. The minimum atomic E-state index is -3.84. The van der Waals surface area contributed by atoms with Crippen molar-refractivity contribution in [3.05, 3.63) is 88.9 Å². The summed E-state index contributed by atoms with van der Waals surface area (Å²) in [6.07, 6.45) is 0. The van der Waals surface area contributed by atoms with E-state index in [-0.39, 0.29) is 21.7 Å². The summed E-state index contributed by atoms with van der Waals surface area (Å²) < 4.78 is 30.3. The van der Waals surface area contributed by atoms with Gasteiger partial charge in [0.15, 0.2) is 5.17 Å². The van der Waals surface area contributed by atoms with Crippen LogP contribution in [-0.2, 0) is 21.4 Å². The molecule has 1 N–H and O–H groups in total. The normalized spacial score (nSPS) is 14.5. The minimum Gasteiger partial charge on any atom is -0.325 e. The Kier molecular flexibility index (Phi) is 6.45. The number of sulfonamides is 1. The predicted molar refractivity (Wildman–Crippen MR) is 129 cm³/mol. The van der Waals surface area contributed by atoms with Crippen LogP contribution in [0, 0.1) is 0 Å². The number of hydrogen-bond acceptors (Lipinski definition) is 5. The summed E-state index contributed by atoms with van der Waals surface area (Å²) in [6.45, 7) is 0.437. The number of amidine groups is 1. The molecular weight excluding hydrogens is 498 g/mol. The van der Waals surface area contributed by atoms with Crippen LogP contribution in [0.15, 0.2) is 92.6 Å². The third-order valence-electron chi connectivity index (χ3n) is 4.49.